The quantitative estimate of drug-likeness (QED) is 0.887. The molecule has 1 aliphatic carbocycles. The topological polar surface area (TPSA) is 29.3 Å². The molecule has 17 heavy (non-hydrogen) atoms. The first kappa shape index (κ1) is 11.1. The molecule has 2 aromatic rings. The highest BCUT2D eigenvalue weighted by atomic mass is 35.5. The number of imidazole rings is 1. The number of rotatable bonds is 2. The number of hydrogen-bond donors (Lipinski definition) is 1. The number of hydrogen-bond acceptors (Lipinski definition) is 2. The van der Waals surface area contributed by atoms with Gasteiger partial charge in [-0.05, 0) is 31.5 Å². The Hall–Kier alpha value is -1.06. The van der Waals surface area contributed by atoms with E-state index in [0.29, 0.717) is 23.0 Å². The van der Waals surface area contributed by atoms with Crippen molar-refractivity contribution >= 4 is 17.2 Å². The van der Waals surface area contributed by atoms with Gasteiger partial charge in [-0.2, -0.15) is 0 Å². The van der Waals surface area contributed by atoms with E-state index in [4.69, 9.17) is 11.6 Å². The zero-order chi connectivity index (χ0) is 12.0. The van der Waals surface area contributed by atoms with Crippen molar-refractivity contribution in [1.82, 2.24) is 14.7 Å². The van der Waals surface area contributed by atoms with Crippen LogP contribution in [-0.2, 0) is 0 Å². The summed E-state index contributed by atoms with van der Waals surface area (Å²) < 4.78 is 2.12. The largest absolute Gasteiger partial charge is 0.317 e. The molecule has 0 spiro atoms. The van der Waals surface area contributed by atoms with Crippen LogP contribution >= 0.6 is 11.6 Å². The van der Waals surface area contributed by atoms with Crippen molar-refractivity contribution in [2.75, 3.05) is 7.05 Å². The van der Waals surface area contributed by atoms with Crippen molar-refractivity contribution < 1.29 is 0 Å². The number of fused-ring (bicyclic) bond motifs is 1. The van der Waals surface area contributed by atoms with E-state index in [1.807, 2.05) is 31.4 Å². The molecule has 0 amide bonds. The van der Waals surface area contributed by atoms with Gasteiger partial charge in [0.2, 0.25) is 0 Å². The third-order valence-electron chi connectivity index (χ3n) is 4.02. The molecule has 2 aromatic heterocycles. The van der Waals surface area contributed by atoms with Crippen LogP contribution in [0.15, 0.2) is 24.4 Å². The predicted octanol–water partition coefficient (Wildman–Crippen LogP) is 2.70. The standard InChI is InChI=1S/C13H16ClN3/c1-8-9(7-10(8)15-2)12-13(14)16-11-5-3-4-6-17(11)12/h3-6,8-10,15H,7H2,1-2H3. The van der Waals surface area contributed by atoms with Gasteiger partial charge in [-0.25, -0.2) is 4.98 Å². The lowest BCUT2D eigenvalue weighted by Gasteiger charge is -2.42. The molecule has 3 nitrogen and oxygen atoms in total. The second-order valence-electron chi connectivity index (χ2n) is 4.81. The molecule has 0 radical (unpaired) electrons. The maximum atomic E-state index is 6.28. The van der Waals surface area contributed by atoms with Crippen molar-refractivity contribution in [1.29, 1.82) is 0 Å². The summed E-state index contributed by atoms with van der Waals surface area (Å²) in [6, 6.07) is 6.61. The van der Waals surface area contributed by atoms with Crippen LogP contribution in [0.1, 0.15) is 25.0 Å². The van der Waals surface area contributed by atoms with Crippen LogP contribution in [0.2, 0.25) is 5.15 Å². The van der Waals surface area contributed by atoms with Crippen molar-refractivity contribution in [3.05, 3.63) is 35.2 Å². The van der Waals surface area contributed by atoms with E-state index in [0.717, 1.165) is 12.1 Å². The molecule has 1 N–H and O–H groups in total. The third kappa shape index (κ3) is 1.57. The fourth-order valence-electron chi connectivity index (χ4n) is 2.85. The smallest absolute Gasteiger partial charge is 0.151 e. The Kier molecular flexibility index (Phi) is 2.60. The maximum absolute atomic E-state index is 6.28. The van der Waals surface area contributed by atoms with Crippen LogP contribution in [0.4, 0.5) is 0 Å². The van der Waals surface area contributed by atoms with Gasteiger partial charge in [-0.1, -0.05) is 24.6 Å². The van der Waals surface area contributed by atoms with Gasteiger partial charge in [0.25, 0.3) is 0 Å². The lowest BCUT2D eigenvalue weighted by Crippen LogP contribution is -2.46. The molecule has 2 heterocycles. The number of aromatic nitrogens is 2. The molecule has 3 unspecified atom stereocenters. The molecule has 1 fully saturated rings. The van der Waals surface area contributed by atoms with E-state index in [9.17, 15) is 0 Å². The Bertz CT molecular complexity index is 549. The molecule has 1 aliphatic rings. The number of halogens is 1. The van der Waals surface area contributed by atoms with Crippen LogP contribution < -0.4 is 5.32 Å². The summed E-state index contributed by atoms with van der Waals surface area (Å²) in [4.78, 5) is 4.41. The van der Waals surface area contributed by atoms with Gasteiger partial charge in [-0.3, -0.25) is 0 Å². The molecule has 4 heteroatoms. The first-order valence-corrected chi connectivity index (χ1v) is 6.40. The van der Waals surface area contributed by atoms with E-state index in [1.54, 1.807) is 0 Å². The monoisotopic (exact) mass is 249 g/mol. The average Bonchev–Trinajstić information content (AvgIpc) is 2.65. The summed E-state index contributed by atoms with van der Waals surface area (Å²) in [5, 5.41) is 3.99. The van der Waals surface area contributed by atoms with E-state index in [-0.39, 0.29) is 0 Å². The highest BCUT2D eigenvalue weighted by Gasteiger charge is 2.40. The highest BCUT2D eigenvalue weighted by molar-refractivity contribution is 6.30. The summed E-state index contributed by atoms with van der Waals surface area (Å²) in [7, 11) is 2.02. The Morgan fingerprint density at radius 2 is 2.29 bits per heavy atom. The minimum absolute atomic E-state index is 0.511. The summed E-state index contributed by atoms with van der Waals surface area (Å²) in [6.45, 7) is 2.27. The average molecular weight is 250 g/mol. The molecule has 3 rings (SSSR count). The zero-order valence-electron chi connectivity index (χ0n) is 10.0. The zero-order valence-corrected chi connectivity index (χ0v) is 10.8. The van der Waals surface area contributed by atoms with Crippen LogP contribution in [-0.4, -0.2) is 22.5 Å². The summed E-state index contributed by atoms with van der Waals surface area (Å²) in [6.07, 6.45) is 3.18. The fraction of sp³-hybridized carbons (Fsp3) is 0.462. The van der Waals surface area contributed by atoms with Gasteiger partial charge < -0.3 is 9.72 Å². The van der Waals surface area contributed by atoms with E-state index in [2.05, 4.69) is 21.6 Å². The van der Waals surface area contributed by atoms with Crippen LogP contribution in [0.5, 0.6) is 0 Å². The summed E-state index contributed by atoms with van der Waals surface area (Å²) in [5.41, 5.74) is 2.11. The van der Waals surface area contributed by atoms with Gasteiger partial charge in [0, 0.05) is 18.2 Å². The van der Waals surface area contributed by atoms with Crippen molar-refractivity contribution in [2.24, 2.45) is 5.92 Å². The minimum Gasteiger partial charge on any atom is -0.317 e. The SMILES string of the molecule is CNC1CC(c2c(Cl)nc3ccccn23)C1C. The second-order valence-corrected chi connectivity index (χ2v) is 5.17. The molecule has 0 aliphatic heterocycles. The fourth-order valence-corrected chi connectivity index (χ4v) is 3.16. The van der Waals surface area contributed by atoms with Gasteiger partial charge in [0.15, 0.2) is 5.15 Å². The van der Waals surface area contributed by atoms with Crippen LogP contribution in [0, 0.1) is 5.92 Å². The molecule has 3 atom stereocenters. The molecule has 90 valence electrons. The van der Waals surface area contributed by atoms with Crippen LogP contribution in [0.3, 0.4) is 0 Å². The Morgan fingerprint density at radius 3 is 3.00 bits per heavy atom. The molecule has 0 bridgehead atoms. The first-order valence-electron chi connectivity index (χ1n) is 6.02. The Balaban J connectivity index is 2.04. The molecular formula is C13H16ClN3. The normalized spacial score (nSPS) is 28.3. The number of nitrogens with one attached hydrogen (secondary N) is 1. The van der Waals surface area contributed by atoms with Gasteiger partial charge in [0.05, 0.1) is 5.69 Å². The van der Waals surface area contributed by atoms with Gasteiger partial charge in [0.1, 0.15) is 5.65 Å². The van der Waals surface area contributed by atoms with Crippen LogP contribution in [0.25, 0.3) is 5.65 Å². The Labute approximate surface area is 106 Å². The molecule has 0 aromatic carbocycles. The second kappa shape index (κ2) is 4.00. The molecule has 0 saturated heterocycles. The van der Waals surface area contributed by atoms with Crippen molar-refractivity contribution in [3.8, 4) is 0 Å². The summed E-state index contributed by atoms with van der Waals surface area (Å²) >= 11 is 6.28. The number of pyridine rings is 1. The lowest BCUT2D eigenvalue weighted by atomic mass is 9.69. The van der Waals surface area contributed by atoms with E-state index < -0.39 is 0 Å². The van der Waals surface area contributed by atoms with E-state index in [1.165, 1.54) is 5.69 Å². The molecular weight excluding hydrogens is 234 g/mol. The first-order chi connectivity index (χ1) is 8.22. The summed E-state index contributed by atoms with van der Waals surface area (Å²) in [5.74, 6) is 1.12. The van der Waals surface area contributed by atoms with Crippen molar-refractivity contribution in [3.63, 3.8) is 0 Å². The third-order valence-corrected chi connectivity index (χ3v) is 4.30. The number of nitrogens with zero attached hydrogens (tertiary/aromatic N) is 2. The van der Waals surface area contributed by atoms with E-state index >= 15 is 0 Å². The minimum atomic E-state index is 0.511. The van der Waals surface area contributed by atoms with Gasteiger partial charge in [-0.15, -0.1) is 0 Å². The lowest BCUT2D eigenvalue weighted by molar-refractivity contribution is 0.190. The maximum Gasteiger partial charge on any atom is 0.151 e. The molecule has 1 saturated carbocycles. The van der Waals surface area contributed by atoms with Crippen molar-refractivity contribution in [2.45, 2.75) is 25.3 Å². The predicted molar refractivity (Wildman–Crippen MR) is 69.6 cm³/mol. The highest BCUT2D eigenvalue weighted by Crippen LogP contribution is 2.44. The Morgan fingerprint density at radius 1 is 1.47 bits per heavy atom. The van der Waals surface area contributed by atoms with Gasteiger partial charge >= 0.3 is 0 Å².